The number of fused-ring (bicyclic) bond motifs is 1. The van der Waals surface area contributed by atoms with Gasteiger partial charge in [-0.25, -0.2) is 0 Å². The van der Waals surface area contributed by atoms with Crippen LogP contribution in [0.5, 0.6) is 11.5 Å². The molecule has 7 heteroatoms. The van der Waals surface area contributed by atoms with Crippen molar-refractivity contribution in [1.82, 2.24) is 4.90 Å². The van der Waals surface area contributed by atoms with Crippen LogP contribution in [0.15, 0.2) is 42.5 Å². The van der Waals surface area contributed by atoms with Crippen molar-refractivity contribution in [3.63, 3.8) is 0 Å². The molecule has 3 rings (SSSR count). The van der Waals surface area contributed by atoms with Gasteiger partial charge < -0.3 is 14.2 Å². The number of benzene rings is 2. The van der Waals surface area contributed by atoms with E-state index in [2.05, 4.69) is 9.64 Å². The van der Waals surface area contributed by atoms with E-state index >= 15 is 0 Å². The molecule has 1 aliphatic heterocycles. The van der Waals surface area contributed by atoms with Gasteiger partial charge in [0.15, 0.2) is 0 Å². The zero-order valence-electron chi connectivity index (χ0n) is 14.4. The summed E-state index contributed by atoms with van der Waals surface area (Å²) in [6.07, 6.45) is -4.69. The molecule has 1 aliphatic rings. The fraction of sp³-hybridized carbons (Fsp3) is 0.368. The molecule has 0 saturated carbocycles. The molecule has 0 bridgehead atoms. The highest BCUT2D eigenvalue weighted by Gasteiger charge is 2.31. The van der Waals surface area contributed by atoms with Crippen LogP contribution in [0.2, 0.25) is 0 Å². The Kier molecular flexibility index (Phi) is 5.68. The predicted octanol–water partition coefficient (Wildman–Crippen LogP) is 4.09. The van der Waals surface area contributed by atoms with Crippen molar-refractivity contribution in [1.29, 1.82) is 0 Å². The van der Waals surface area contributed by atoms with Gasteiger partial charge in [0.25, 0.3) is 0 Å². The number of ether oxygens (including phenoxy) is 3. The highest BCUT2D eigenvalue weighted by molar-refractivity contribution is 5.66. The molecule has 4 nitrogen and oxygen atoms in total. The molecule has 0 saturated heterocycles. The molecule has 0 amide bonds. The quantitative estimate of drug-likeness (QED) is 0.796. The summed E-state index contributed by atoms with van der Waals surface area (Å²) in [5.41, 5.74) is 2.78. The van der Waals surface area contributed by atoms with Gasteiger partial charge in [-0.15, -0.1) is 13.2 Å². The second-order valence-electron chi connectivity index (χ2n) is 6.01. The number of hydrogen-bond acceptors (Lipinski definition) is 4. The Bertz CT molecular complexity index is 730. The van der Waals surface area contributed by atoms with E-state index in [4.69, 9.17) is 9.47 Å². The van der Waals surface area contributed by atoms with Gasteiger partial charge in [-0.1, -0.05) is 18.2 Å². The second-order valence-corrected chi connectivity index (χ2v) is 6.01. The van der Waals surface area contributed by atoms with Crippen molar-refractivity contribution in [3.8, 4) is 22.6 Å². The van der Waals surface area contributed by atoms with Gasteiger partial charge in [0.1, 0.15) is 18.1 Å². The first kappa shape index (κ1) is 18.5. The van der Waals surface area contributed by atoms with E-state index in [1.165, 1.54) is 12.1 Å². The van der Waals surface area contributed by atoms with Crippen molar-refractivity contribution in [2.45, 2.75) is 12.9 Å². The lowest BCUT2D eigenvalue weighted by atomic mass is 10.0. The number of hydrogen-bond donors (Lipinski definition) is 0. The maximum atomic E-state index is 12.3. The minimum absolute atomic E-state index is 0.231. The average molecular weight is 367 g/mol. The van der Waals surface area contributed by atoms with E-state index in [1.807, 2.05) is 18.2 Å². The predicted molar refractivity (Wildman–Crippen MR) is 91.2 cm³/mol. The second kappa shape index (κ2) is 7.97. The van der Waals surface area contributed by atoms with E-state index in [0.29, 0.717) is 13.2 Å². The number of rotatable bonds is 5. The molecule has 0 N–H and O–H groups in total. The standard InChI is InChI=1S/C19H20F3NO3/c1-24-10-8-23-9-11-25-18-7-4-15(12-16(18)13-23)14-2-5-17(6-3-14)26-19(20,21)22/h2-7,12H,8-11,13H2,1H3. The summed E-state index contributed by atoms with van der Waals surface area (Å²) in [6.45, 7) is 3.63. The first-order chi connectivity index (χ1) is 12.4. The van der Waals surface area contributed by atoms with E-state index in [1.54, 1.807) is 19.2 Å². The topological polar surface area (TPSA) is 30.9 Å². The highest BCUT2D eigenvalue weighted by atomic mass is 19.4. The summed E-state index contributed by atoms with van der Waals surface area (Å²) in [5.74, 6) is 0.607. The van der Waals surface area contributed by atoms with Crippen molar-refractivity contribution < 1.29 is 27.4 Å². The molecule has 26 heavy (non-hydrogen) atoms. The molecule has 140 valence electrons. The van der Waals surface area contributed by atoms with E-state index in [9.17, 15) is 13.2 Å². The van der Waals surface area contributed by atoms with Gasteiger partial charge in [0, 0.05) is 32.3 Å². The molecule has 0 radical (unpaired) electrons. The van der Waals surface area contributed by atoms with Gasteiger partial charge in [0.2, 0.25) is 0 Å². The minimum Gasteiger partial charge on any atom is -0.492 e. The molecule has 0 atom stereocenters. The Hall–Kier alpha value is -2.25. The number of methoxy groups -OCH3 is 1. The molecule has 0 aliphatic carbocycles. The van der Waals surface area contributed by atoms with Crippen LogP contribution in [0.4, 0.5) is 13.2 Å². The number of halogens is 3. The Morgan fingerprint density at radius 2 is 1.81 bits per heavy atom. The van der Waals surface area contributed by atoms with E-state index < -0.39 is 6.36 Å². The normalized spacial score (nSPS) is 15.1. The SMILES string of the molecule is COCCN1CCOc2ccc(-c3ccc(OC(F)(F)F)cc3)cc2C1. The summed E-state index contributed by atoms with van der Waals surface area (Å²) in [5, 5.41) is 0. The average Bonchev–Trinajstić information content (AvgIpc) is 2.80. The molecular weight excluding hydrogens is 347 g/mol. The fourth-order valence-electron chi connectivity index (χ4n) is 2.89. The number of nitrogens with zero attached hydrogens (tertiary/aromatic N) is 1. The van der Waals surface area contributed by atoms with Crippen LogP contribution in [0.3, 0.4) is 0 Å². The highest BCUT2D eigenvalue weighted by Crippen LogP contribution is 2.31. The monoisotopic (exact) mass is 367 g/mol. The Morgan fingerprint density at radius 3 is 2.50 bits per heavy atom. The molecule has 1 heterocycles. The van der Waals surface area contributed by atoms with Crippen LogP contribution in [0.25, 0.3) is 11.1 Å². The lowest BCUT2D eigenvalue weighted by Gasteiger charge is -2.18. The first-order valence-corrected chi connectivity index (χ1v) is 8.28. The minimum atomic E-state index is -4.69. The van der Waals surface area contributed by atoms with Crippen molar-refractivity contribution >= 4 is 0 Å². The lowest BCUT2D eigenvalue weighted by molar-refractivity contribution is -0.274. The molecule has 0 spiro atoms. The molecule has 0 unspecified atom stereocenters. The summed E-state index contributed by atoms with van der Waals surface area (Å²) >= 11 is 0. The van der Waals surface area contributed by atoms with Crippen LogP contribution < -0.4 is 9.47 Å². The molecular formula is C19H20F3NO3. The molecule has 2 aromatic rings. The maximum absolute atomic E-state index is 12.3. The van der Waals surface area contributed by atoms with Crippen molar-refractivity contribution in [3.05, 3.63) is 48.0 Å². The smallest absolute Gasteiger partial charge is 0.492 e. The third kappa shape index (κ3) is 4.89. The zero-order chi connectivity index (χ0) is 18.6. The molecule has 0 aromatic heterocycles. The van der Waals surface area contributed by atoms with Crippen LogP contribution >= 0.6 is 0 Å². The summed E-state index contributed by atoms with van der Waals surface area (Å²) in [7, 11) is 1.67. The Morgan fingerprint density at radius 1 is 1.08 bits per heavy atom. The summed E-state index contributed by atoms with van der Waals surface area (Å²) in [4.78, 5) is 2.25. The number of alkyl halides is 3. The third-order valence-corrected chi connectivity index (χ3v) is 4.15. The largest absolute Gasteiger partial charge is 0.573 e. The van der Waals surface area contributed by atoms with E-state index in [0.717, 1.165) is 42.1 Å². The fourth-order valence-corrected chi connectivity index (χ4v) is 2.89. The van der Waals surface area contributed by atoms with Crippen molar-refractivity contribution in [2.24, 2.45) is 0 Å². The van der Waals surface area contributed by atoms with Gasteiger partial charge >= 0.3 is 6.36 Å². The Balaban J connectivity index is 1.78. The summed E-state index contributed by atoms with van der Waals surface area (Å²) < 4.78 is 51.6. The van der Waals surface area contributed by atoms with Crippen LogP contribution in [0, 0.1) is 0 Å². The van der Waals surface area contributed by atoms with Crippen LogP contribution in [-0.2, 0) is 11.3 Å². The Labute approximate surface area is 150 Å². The van der Waals surface area contributed by atoms with Gasteiger partial charge in [-0.05, 0) is 35.4 Å². The van der Waals surface area contributed by atoms with Crippen LogP contribution in [0.1, 0.15) is 5.56 Å². The zero-order valence-corrected chi connectivity index (χ0v) is 14.4. The van der Waals surface area contributed by atoms with Crippen LogP contribution in [-0.4, -0.2) is 44.7 Å². The third-order valence-electron chi connectivity index (χ3n) is 4.15. The molecule has 0 fully saturated rings. The van der Waals surface area contributed by atoms with Crippen molar-refractivity contribution in [2.75, 3.05) is 33.4 Å². The van der Waals surface area contributed by atoms with Gasteiger partial charge in [-0.3, -0.25) is 4.90 Å². The maximum Gasteiger partial charge on any atom is 0.573 e. The van der Waals surface area contributed by atoms with Gasteiger partial charge in [-0.2, -0.15) is 0 Å². The summed E-state index contributed by atoms with van der Waals surface area (Å²) in [6, 6.07) is 11.7. The molecule has 2 aromatic carbocycles. The lowest BCUT2D eigenvalue weighted by Crippen LogP contribution is -2.29. The van der Waals surface area contributed by atoms with Gasteiger partial charge in [0.05, 0.1) is 6.61 Å². The van der Waals surface area contributed by atoms with E-state index in [-0.39, 0.29) is 5.75 Å². The first-order valence-electron chi connectivity index (χ1n) is 8.28.